The molecular formula is C20H24N4O3. The van der Waals surface area contributed by atoms with Gasteiger partial charge >= 0.3 is 6.09 Å². The Morgan fingerprint density at radius 1 is 1.37 bits per heavy atom. The Labute approximate surface area is 158 Å². The van der Waals surface area contributed by atoms with Crippen molar-refractivity contribution >= 4 is 12.0 Å². The number of amides is 2. The lowest BCUT2D eigenvalue weighted by atomic mass is 9.92. The Balaban J connectivity index is 1.54. The number of rotatable bonds is 4. The number of aromatic nitrogens is 2. The van der Waals surface area contributed by atoms with Gasteiger partial charge in [0.1, 0.15) is 13.2 Å². The number of carbonyl (C=O) groups excluding carboxylic acids is 2. The summed E-state index contributed by atoms with van der Waals surface area (Å²) >= 11 is 0. The number of nitrogens with one attached hydrogen (secondary N) is 1. The van der Waals surface area contributed by atoms with Gasteiger partial charge in [-0.2, -0.15) is 5.10 Å². The van der Waals surface area contributed by atoms with Crippen molar-refractivity contribution in [2.75, 3.05) is 19.7 Å². The van der Waals surface area contributed by atoms with E-state index in [1.165, 1.54) is 16.0 Å². The van der Waals surface area contributed by atoms with E-state index in [2.05, 4.69) is 36.4 Å². The minimum Gasteiger partial charge on any atom is -0.448 e. The van der Waals surface area contributed by atoms with Gasteiger partial charge in [0.2, 0.25) is 5.91 Å². The van der Waals surface area contributed by atoms with Gasteiger partial charge in [0, 0.05) is 11.3 Å². The molecule has 1 aromatic heterocycles. The minimum absolute atomic E-state index is 0.0375. The third-order valence-corrected chi connectivity index (χ3v) is 5.50. The maximum atomic E-state index is 12.4. The molecule has 1 saturated heterocycles. The Morgan fingerprint density at radius 3 is 3.00 bits per heavy atom. The van der Waals surface area contributed by atoms with Gasteiger partial charge < -0.3 is 10.1 Å². The molecule has 4 rings (SSSR count). The topological polar surface area (TPSA) is 76.5 Å². The van der Waals surface area contributed by atoms with E-state index in [0.717, 1.165) is 36.2 Å². The van der Waals surface area contributed by atoms with Gasteiger partial charge in [0.25, 0.3) is 0 Å². The SMILES string of the molecule is Cc1cccc(-n2ncc3c2CCC[C@H]3NC(=O)CN2CCOC2=O)c1C. The second-order valence-electron chi connectivity index (χ2n) is 7.23. The van der Waals surface area contributed by atoms with Crippen LogP contribution in [0, 0.1) is 13.8 Å². The predicted octanol–water partition coefficient (Wildman–Crippen LogP) is 2.43. The van der Waals surface area contributed by atoms with Crippen LogP contribution in [0.4, 0.5) is 4.79 Å². The predicted molar refractivity (Wildman–Crippen MR) is 99.8 cm³/mol. The van der Waals surface area contributed by atoms with Crippen LogP contribution in [-0.2, 0) is 16.0 Å². The van der Waals surface area contributed by atoms with Crippen molar-refractivity contribution < 1.29 is 14.3 Å². The van der Waals surface area contributed by atoms with Crippen LogP contribution in [0.3, 0.4) is 0 Å². The normalized spacial score (nSPS) is 19.0. The van der Waals surface area contributed by atoms with E-state index in [-0.39, 0.29) is 18.5 Å². The summed E-state index contributed by atoms with van der Waals surface area (Å²) in [5, 5.41) is 7.70. The maximum absolute atomic E-state index is 12.4. The number of benzene rings is 1. The number of fused-ring (bicyclic) bond motifs is 1. The van der Waals surface area contributed by atoms with E-state index in [1.807, 2.05) is 16.9 Å². The van der Waals surface area contributed by atoms with Crippen LogP contribution in [0.2, 0.25) is 0 Å². The highest BCUT2D eigenvalue weighted by Gasteiger charge is 2.29. The van der Waals surface area contributed by atoms with Crippen LogP contribution in [0.5, 0.6) is 0 Å². The molecule has 7 heteroatoms. The molecule has 1 fully saturated rings. The highest BCUT2D eigenvalue weighted by Crippen LogP contribution is 2.32. The molecule has 2 amide bonds. The first-order valence-electron chi connectivity index (χ1n) is 9.39. The lowest BCUT2D eigenvalue weighted by Crippen LogP contribution is -2.40. The minimum atomic E-state index is -0.419. The molecule has 0 unspecified atom stereocenters. The number of ether oxygens (including phenoxy) is 1. The second-order valence-corrected chi connectivity index (χ2v) is 7.23. The molecule has 2 aliphatic rings. The fraction of sp³-hybridized carbons (Fsp3) is 0.450. The van der Waals surface area contributed by atoms with Gasteiger partial charge in [-0.1, -0.05) is 12.1 Å². The number of nitrogens with zero attached hydrogens (tertiary/aromatic N) is 3. The summed E-state index contributed by atoms with van der Waals surface area (Å²) in [6.07, 6.45) is 4.25. The van der Waals surface area contributed by atoms with Crippen molar-refractivity contribution in [3.8, 4) is 5.69 Å². The third-order valence-electron chi connectivity index (χ3n) is 5.50. The third kappa shape index (κ3) is 3.29. The van der Waals surface area contributed by atoms with Gasteiger partial charge in [-0.05, 0) is 50.3 Å². The second kappa shape index (κ2) is 7.06. The molecule has 1 N–H and O–H groups in total. The summed E-state index contributed by atoms with van der Waals surface area (Å²) in [5.41, 5.74) is 5.75. The molecule has 1 aliphatic heterocycles. The van der Waals surface area contributed by atoms with Crippen molar-refractivity contribution in [2.45, 2.75) is 39.2 Å². The Hall–Kier alpha value is -2.83. The molecule has 0 radical (unpaired) electrons. The maximum Gasteiger partial charge on any atom is 0.410 e. The first-order valence-corrected chi connectivity index (χ1v) is 9.39. The smallest absolute Gasteiger partial charge is 0.410 e. The summed E-state index contributed by atoms with van der Waals surface area (Å²) in [6.45, 7) is 5.06. The zero-order valence-corrected chi connectivity index (χ0v) is 15.7. The van der Waals surface area contributed by atoms with Gasteiger partial charge in [-0.15, -0.1) is 0 Å². The van der Waals surface area contributed by atoms with Gasteiger partial charge in [-0.3, -0.25) is 9.69 Å². The van der Waals surface area contributed by atoms with Gasteiger partial charge in [0.15, 0.2) is 0 Å². The van der Waals surface area contributed by atoms with Gasteiger partial charge in [-0.25, -0.2) is 9.48 Å². The molecule has 7 nitrogen and oxygen atoms in total. The largest absolute Gasteiger partial charge is 0.448 e. The van der Waals surface area contributed by atoms with Crippen LogP contribution in [0.15, 0.2) is 24.4 Å². The molecule has 0 saturated carbocycles. The molecule has 0 bridgehead atoms. The molecule has 2 heterocycles. The first kappa shape index (κ1) is 17.6. The van der Waals surface area contributed by atoms with Crippen molar-refractivity contribution in [2.24, 2.45) is 0 Å². The van der Waals surface area contributed by atoms with E-state index in [9.17, 15) is 9.59 Å². The molecule has 2 aromatic rings. The molecule has 142 valence electrons. The van der Waals surface area contributed by atoms with E-state index in [4.69, 9.17) is 4.74 Å². The van der Waals surface area contributed by atoms with Crippen LogP contribution in [-0.4, -0.2) is 46.4 Å². The standard InChI is InChI=1S/C20H24N4O3/c1-13-5-3-7-17(14(13)2)24-18-8-4-6-16(15(18)11-21-24)22-19(25)12-23-9-10-27-20(23)26/h3,5,7,11,16H,4,6,8-10,12H2,1-2H3,(H,22,25)/t16-/m1/s1. The fourth-order valence-electron chi connectivity index (χ4n) is 3.86. The number of hydrogen-bond acceptors (Lipinski definition) is 4. The summed E-state index contributed by atoms with van der Waals surface area (Å²) in [6, 6.07) is 6.15. The Morgan fingerprint density at radius 2 is 2.22 bits per heavy atom. The van der Waals surface area contributed by atoms with Crippen LogP contribution in [0.1, 0.15) is 41.3 Å². The molecule has 1 aliphatic carbocycles. The van der Waals surface area contributed by atoms with Crippen molar-refractivity contribution in [1.29, 1.82) is 0 Å². The van der Waals surface area contributed by atoms with E-state index < -0.39 is 6.09 Å². The van der Waals surface area contributed by atoms with E-state index in [0.29, 0.717) is 13.2 Å². The molecule has 27 heavy (non-hydrogen) atoms. The van der Waals surface area contributed by atoms with Crippen molar-refractivity contribution in [1.82, 2.24) is 20.0 Å². The summed E-state index contributed by atoms with van der Waals surface area (Å²) in [7, 11) is 0. The Kier molecular flexibility index (Phi) is 4.59. The number of cyclic esters (lactones) is 1. The van der Waals surface area contributed by atoms with Crippen LogP contribution >= 0.6 is 0 Å². The van der Waals surface area contributed by atoms with Crippen LogP contribution < -0.4 is 5.32 Å². The zero-order chi connectivity index (χ0) is 19.0. The zero-order valence-electron chi connectivity index (χ0n) is 15.7. The molecule has 0 spiro atoms. The van der Waals surface area contributed by atoms with Crippen LogP contribution in [0.25, 0.3) is 5.69 Å². The number of aryl methyl sites for hydroxylation is 1. The molecule has 1 aromatic carbocycles. The van der Waals surface area contributed by atoms with Crippen molar-refractivity contribution in [3.05, 3.63) is 46.8 Å². The van der Waals surface area contributed by atoms with E-state index >= 15 is 0 Å². The lowest BCUT2D eigenvalue weighted by Gasteiger charge is -2.25. The quantitative estimate of drug-likeness (QED) is 0.899. The lowest BCUT2D eigenvalue weighted by molar-refractivity contribution is -0.122. The number of carbonyl (C=O) groups is 2. The fourth-order valence-corrected chi connectivity index (χ4v) is 3.86. The highest BCUT2D eigenvalue weighted by atomic mass is 16.6. The average molecular weight is 368 g/mol. The monoisotopic (exact) mass is 368 g/mol. The summed E-state index contributed by atoms with van der Waals surface area (Å²) in [4.78, 5) is 25.4. The van der Waals surface area contributed by atoms with E-state index in [1.54, 1.807) is 0 Å². The first-order chi connectivity index (χ1) is 13.0. The Bertz CT molecular complexity index is 889. The summed E-state index contributed by atoms with van der Waals surface area (Å²) in [5.74, 6) is -0.161. The summed E-state index contributed by atoms with van der Waals surface area (Å²) < 4.78 is 6.89. The average Bonchev–Trinajstić information content (AvgIpc) is 3.25. The number of hydrogen-bond donors (Lipinski definition) is 1. The molecule has 1 atom stereocenters. The van der Waals surface area contributed by atoms with Crippen molar-refractivity contribution in [3.63, 3.8) is 0 Å². The van der Waals surface area contributed by atoms with Gasteiger partial charge in [0.05, 0.1) is 24.5 Å². The highest BCUT2D eigenvalue weighted by molar-refractivity contribution is 5.83. The molecular weight excluding hydrogens is 344 g/mol.